The summed E-state index contributed by atoms with van der Waals surface area (Å²) in [7, 11) is 0. The van der Waals surface area contributed by atoms with Crippen LogP contribution in [0.1, 0.15) is 27.2 Å². The van der Waals surface area contributed by atoms with Crippen molar-refractivity contribution in [1.82, 2.24) is 5.32 Å². The Morgan fingerprint density at radius 2 is 2.18 bits per heavy atom. The molecule has 0 heterocycles. The lowest BCUT2D eigenvalue weighted by Crippen LogP contribution is -2.23. The van der Waals surface area contributed by atoms with Crippen molar-refractivity contribution in [1.29, 1.82) is 0 Å². The van der Waals surface area contributed by atoms with Gasteiger partial charge in [0.25, 0.3) is 0 Å². The van der Waals surface area contributed by atoms with Crippen molar-refractivity contribution in [2.24, 2.45) is 5.41 Å². The molecular weight excluding hydrogens is 154 g/mol. The molecule has 1 aliphatic rings. The maximum Gasteiger partial charge on any atom is 0.0125 e. The molecule has 1 rings (SSSR count). The molecule has 0 aromatic rings. The lowest BCUT2D eigenvalue weighted by molar-refractivity contribution is 0.555. The van der Waals surface area contributed by atoms with Crippen LogP contribution in [0.25, 0.3) is 0 Å². The van der Waals surface area contributed by atoms with Gasteiger partial charge in [-0.3, -0.25) is 0 Å². The van der Waals surface area contributed by atoms with Crippen LogP contribution in [0.5, 0.6) is 0 Å². The van der Waals surface area contributed by atoms with Gasteiger partial charge in [-0.2, -0.15) is 11.8 Å². The predicted molar refractivity (Wildman–Crippen MR) is 53.2 cm³/mol. The van der Waals surface area contributed by atoms with Crippen molar-refractivity contribution in [3.8, 4) is 0 Å². The summed E-state index contributed by atoms with van der Waals surface area (Å²) in [5, 5.41) is 3.56. The van der Waals surface area contributed by atoms with Crippen molar-refractivity contribution >= 4 is 11.8 Å². The van der Waals surface area contributed by atoms with Gasteiger partial charge in [0, 0.05) is 18.3 Å². The van der Waals surface area contributed by atoms with Gasteiger partial charge in [0.05, 0.1) is 0 Å². The zero-order chi connectivity index (χ0) is 8.32. The highest BCUT2D eigenvalue weighted by atomic mass is 32.2. The van der Waals surface area contributed by atoms with E-state index >= 15 is 0 Å². The molecule has 1 unspecified atom stereocenters. The van der Waals surface area contributed by atoms with Gasteiger partial charge in [0.1, 0.15) is 0 Å². The molecule has 0 aromatic heterocycles. The summed E-state index contributed by atoms with van der Waals surface area (Å²) in [6, 6.07) is 0.806. The number of nitrogens with one attached hydrogen (secondary N) is 1. The lowest BCUT2D eigenvalue weighted by Gasteiger charge is -2.04. The number of rotatable bonds is 5. The summed E-state index contributed by atoms with van der Waals surface area (Å²) in [4.78, 5) is 0. The molecule has 0 aliphatic heterocycles. The van der Waals surface area contributed by atoms with Gasteiger partial charge in [-0.25, -0.2) is 0 Å². The second-order valence-corrected chi connectivity index (χ2v) is 5.29. The molecule has 1 saturated carbocycles. The molecule has 0 saturated heterocycles. The Morgan fingerprint density at radius 3 is 2.64 bits per heavy atom. The molecular formula is C9H19NS. The Bertz CT molecular complexity index is 123. The third kappa shape index (κ3) is 3.04. The van der Waals surface area contributed by atoms with Crippen LogP contribution in [0, 0.1) is 5.41 Å². The third-order valence-electron chi connectivity index (χ3n) is 2.35. The van der Waals surface area contributed by atoms with Crippen LogP contribution in [0.3, 0.4) is 0 Å². The number of thioether (sulfide) groups is 1. The summed E-state index contributed by atoms with van der Waals surface area (Å²) in [6.07, 6.45) is 1.36. The zero-order valence-electron chi connectivity index (χ0n) is 7.81. The number of hydrogen-bond acceptors (Lipinski definition) is 2. The average molecular weight is 173 g/mol. The van der Waals surface area contributed by atoms with E-state index in [1.807, 2.05) is 11.8 Å². The molecule has 1 N–H and O–H groups in total. The maximum atomic E-state index is 3.56. The van der Waals surface area contributed by atoms with Gasteiger partial charge in [0.15, 0.2) is 0 Å². The molecule has 0 amide bonds. The predicted octanol–water partition coefficient (Wildman–Crippen LogP) is 2.13. The van der Waals surface area contributed by atoms with Gasteiger partial charge in [-0.1, -0.05) is 20.8 Å². The van der Waals surface area contributed by atoms with E-state index in [4.69, 9.17) is 0 Å². The van der Waals surface area contributed by atoms with Gasteiger partial charge >= 0.3 is 0 Å². The monoisotopic (exact) mass is 173 g/mol. The van der Waals surface area contributed by atoms with Crippen molar-refractivity contribution in [3.63, 3.8) is 0 Å². The van der Waals surface area contributed by atoms with Crippen molar-refractivity contribution in [3.05, 3.63) is 0 Å². The largest absolute Gasteiger partial charge is 0.313 e. The Hall–Kier alpha value is 0.310. The molecule has 1 aliphatic carbocycles. The SMILES string of the molecule is CCSCCNC1CC1(C)C. The van der Waals surface area contributed by atoms with E-state index in [-0.39, 0.29) is 0 Å². The second-order valence-electron chi connectivity index (χ2n) is 3.90. The molecule has 0 aromatic carbocycles. The smallest absolute Gasteiger partial charge is 0.0125 e. The van der Waals surface area contributed by atoms with E-state index < -0.39 is 0 Å². The molecule has 2 heteroatoms. The van der Waals surface area contributed by atoms with Gasteiger partial charge in [-0.15, -0.1) is 0 Å². The molecule has 0 radical (unpaired) electrons. The molecule has 11 heavy (non-hydrogen) atoms. The van der Waals surface area contributed by atoms with E-state index in [1.54, 1.807) is 0 Å². The fraction of sp³-hybridized carbons (Fsp3) is 1.00. The molecule has 1 fully saturated rings. The first kappa shape index (κ1) is 9.40. The van der Waals surface area contributed by atoms with Crippen LogP contribution in [-0.2, 0) is 0 Å². The van der Waals surface area contributed by atoms with Gasteiger partial charge < -0.3 is 5.32 Å². The van der Waals surface area contributed by atoms with Crippen molar-refractivity contribution in [2.45, 2.75) is 33.2 Å². The highest BCUT2D eigenvalue weighted by Gasteiger charge is 2.44. The van der Waals surface area contributed by atoms with Crippen LogP contribution in [0.2, 0.25) is 0 Å². The Morgan fingerprint density at radius 1 is 1.55 bits per heavy atom. The quantitative estimate of drug-likeness (QED) is 0.639. The van der Waals surface area contributed by atoms with Crippen LogP contribution >= 0.6 is 11.8 Å². The fourth-order valence-corrected chi connectivity index (χ4v) is 1.82. The Kier molecular flexibility index (Phi) is 3.26. The van der Waals surface area contributed by atoms with Gasteiger partial charge in [0.2, 0.25) is 0 Å². The van der Waals surface area contributed by atoms with Crippen LogP contribution in [0.4, 0.5) is 0 Å². The minimum absolute atomic E-state index is 0.594. The first-order valence-corrected chi connectivity index (χ1v) is 5.63. The second kappa shape index (κ2) is 3.81. The minimum Gasteiger partial charge on any atom is -0.313 e. The standard InChI is InChI=1S/C9H19NS/c1-4-11-6-5-10-8-7-9(8,2)3/h8,10H,4-7H2,1-3H3. The molecule has 0 spiro atoms. The average Bonchev–Trinajstić information content (AvgIpc) is 2.52. The molecule has 0 bridgehead atoms. The molecule has 1 nitrogen and oxygen atoms in total. The number of hydrogen-bond donors (Lipinski definition) is 1. The topological polar surface area (TPSA) is 12.0 Å². The van der Waals surface area contributed by atoms with Crippen molar-refractivity contribution < 1.29 is 0 Å². The van der Waals surface area contributed by atoms with E-state index in [1.165, 1.54) is 24.5 Å². The van der Waals surface area contributed by atoms with E-state index in [9.17, 15) is 0 Å². The van der Waals surface area contributed by atoms with Crippen molar-refractivity contribution in [2.75, 3.05) is 18.1 Å². The van der Waals surface area contributed by atoms with Gasteiger partial charge in [-0.05, 0) is 17.6 Å². The van der Waals surface area contributed by atoms with E-state index in [0.29, 0.717) is 5.41 Å². The lowest BCUT2D eigenvalue weighted by atomic mass is 10.2. The van der Waals surface area contributed by atoms with E-state index in [2.05, 4.69) is 26.1 Å². The molecule has 1 atom stereocenters. The highest BCUT2D eigenvalue weighted by Crippen LogP contribution is 2.44. The normalized spacial score (nSPS) is 27.0. The Balaban J connectivity index is 1.90. The summed E-state index contributed by atoms with van der Waals surface area (Å²) in [5.41, 5.74) is 0.594. The first-order valence-electron chi connectivity index (χ1n) is 4.48. The third-order valence-corrected chi connectivity index (χ3v) is 3.26. The summed E-state index contributed by atoms with van der Waals surface area (Å²) >= 11 is 2.02. The summed E-state index contributed by atoms with van der Waals surface area (Å²) in [6.45, 7) is 8.06. The van der Waals surface area contributed by atoms with Crippen LogP contribution in [0.15, 0.2) is 0 Å². The van der Waals surface area contributed by atoms with Crippen LogP contribution in [-0.4, -0.2) is 24.1 Å². The summed E-state index contributed by atoms with van der Waals surface area (Å²) in [5.74, 6) is 2.51. The van der Waals surface area contributed by atoms with Crippen LogP contribution < -0.4 is 5.32 Å². The Labute approximate surface area is 74.3 Å². The summed E-state index contributed by atoms with van der Waals surface area (Å²) < 4.78 is 0. The molecule has 66 valence electrons. The first-order chi connectivity index (χ1) is 5.17. The zero-order valence-corrected chi connectivity index (χ0v) is 8.63. The highest BCUT2D eigenvalue weighted by molar-refractivity contribution is 7.99. The van der Waals surface area contributed by atoms with E-state index in [0.717, 1.165) is 6.04 Å². The fourth-order valence-electron chi connectivity index (χ4n) is 1.27. The maximum absolute atomic E-state index is 3.56. The minimum atomic E-state index is 0.594.